The van der Waals surface area contributed by atoms with Gasteiger partial charge in [0.15, 0.2) is 0 Å². The summed E-state index contributed by atoms with van der Waals surface area (Å²) in [5, 5.41) is 5.35. The Labute approximate surface area is 163 Å². The predicted molar refractivity (Wildman–Crippen MR) is 102 cm³/mol. The van der Waals surface area contributed by atoms with E-state index >= 15 is 0 Å². The van der Waals surface area contributed by atoms with Crippen LogP contribution in [-0.4, -0.2) is 47.4 Å². The molecule has 1 aromatic rings. The Kier molecular flexibility index (Phi) is 7.43. The van der Waals surface area contributed by atoms with E-state index in [0.717, 1.165) is 22.4 Å². The van der Waals surface area contributed by atoms with E-state index in [2.05, 4.69) is 10.6 Å². The van der Waals surface area contributed by atoms with Gasteiger partial charge in [-0.3, -0.25) is 29.4 Å². The van der Waals surface area contributed by atoms with Crippen molar-refractivity contribution in [1.82, 2.24) is 10.2 Å². The molecule has 1 aliphatic rings. The summed E-state index contributed by atoms with van der Waals surface area (Å²) in [5.74, 6) is -1.43. The van der Waals surface area contributed by atoms with Crippen molar-refractivity contribution in [2.24, 2.45) is 0 Å². The molecule has 150 valence electrons. The van der Waals surface area contributed by atoms with Crippen LogP contribution >= 0.6 is 0 Å². The molecular formula is C20H25N3O5. The summed E-state index contributed by atoms with van der Waals surface area (Å²) in [6.45, 7) is 3.76. The molecule has 0 saturated carbocycles. The Morgan fingerprint density at radius 2 is 2.07 bits per heavy atom. The van der Waals surface area contributed by atoms with Crippen LogP contribution in [0, 0.1) is 0 Å². The Hall–Kier alpha value is -3.03. The summed E-state index contributed by atoms with van der Waals surface area (Å²) in [6.07, 6.45) is 1.88. The van der Waals surface area contributed by atoms with Crippen LogP contribution in [0.25, 0.3) is 0 Å². The molecule has 2 rings (SSSR count). The van der Waals surface area contributed by atoms with Crippen LogP contribution in [0.1, 0.15) is 51.0 Å². The molecule has 1 aliphatic heterocycles. The summed E-state index contributed by atoms with van der Waals surface area (Å²) in [5.41, 5.74) is 1.81. The minimum Gasteiger partial charge on any atom is -0.382 e. The highest BCUT2D eigenvalue weighted by molar-refractivity contribution is 6.03. The van der Waals surface area contributed by atoms with E-state index in [1.807, 2.05) is 31.2 Å². The molecule has 1 heterocycles. The molecule has 28 heavy (non-hydrogen) atoms. The van der Waals surface area contributed by atoms with E-state index in [1.54, 1.807) is 6.92 Å². The van der Waals surface area contributed by atoms with Gasteiger partial charge in [0, 0.05) is 31.0 Å². The number of rotatable bonds is 9. The third-order valence-electron chi connectivity index (χ3n) is 4.75. The molecule has 1 saturated heterocycles. The van der Waals surface area contributed by atoms with Crippen molar-refractivity contribution < 1.29 is 24.0 Å². The van der Waals surface area contributed by atoms with Gasteiger partial charge in [-0.05, 0) is 37.0 Å². The van der Waals surface area contributed by atoms with Crippen molar-refractivity contribution in [3.63, 3.8) is 0 Å². The van der Waals surface area contributed by atoms with E-state index in [0.29, 0.717) is 12.8 Å². The summed E-state index contributed by atoms with van der Waals surface area (Å²) >= 11 is 0. The molecule has 0 aliphatic carbocycles. The third kappa shape index (κ3) is 5.48. The van der Waals surface area contributed by atoms with Crippen molar-refractivity contribution in [2.45, 2.75) is 57.5 Å². The van der Waals surface area contributed by atoms with Gasteiger partial charge >= 0.3 is 0 Å². The number of hydrogen-bond acceptors (Lipinski definition) is 6. The van der Waals surface area contributed by atoms with E-state index < -0.39 is 23.8 Å². The second-order valence-electron chi connectivity index (χ2n) is 7.05. The van der Waals surface area contributed by atoms with Crippen molar-refractivity contribution in [3.8, 4) is 0 Å². The van der Waals surface area contributed by atoms with E-state index in [1.165, 1.54) is 0 Å². The van der Waals surface area contributed by atoms with Crippen molar-refractivity contribution in [1.29, 1.82) is 0 Å². The number of hydrogen-bond donors (Lipinski definition) is 2. The van der Waals surface area contributed by atoms with Gasteiger partial charge in [0.1, 0.15) is 12.3 Å². The minimum atomic E-state index is -0.956. The first-order valence-electron chi connectivity index (χ1n) is 9.26. The maximum atomic E-state index is 12.5. The first kappa shape index (κ1) is 21.3. The Morgan fingerprint density at radius 1 is 1.32 bits per heavy atom. The predicted octanol–water partition coefficient (Wildman–Crippen LogP) is 1.36. The van der Waals surface area contributed by atoms with E-state index in [9.17, 15) is 24.0 Å². The van der Waals surface area contributed by atoms with Crippen LogP contribution in [0.2, 0.25) is 0 Å². The molecule has 1 aromatic carbocycles. The lowest BCUT2D eigenvalue weighted by molar-refractivity contribution is -0.150. The molecule has 1 fully saturated rings. The van der Waals surface area contributed by atoms with Gasteiger partial charge in [0.05, 0.1) is 0 Å². The molecule has 0 aromatic heterocycles. The highest BCUT2D eigenvalue weighted by Crippen LogP contribution is 2.22. The zero-order valence-electron chi connectivity index (χ0n) is 16.0. The topological polar surface area (TPSA) is 113 Å². The van der Waals surface area contributed by atoms with Gasteiger partial charge in [-0.25, -0.2) is 0 Å². The molecule has 8 nitrogen and oxygen atoms in total. The van der Waals surface area contributed by atoms with Crippen LogP contribution in [-0.2, 0) is 24.0 Å². The number of carbonyl (C=O) groups is 5. The standard InChI is InChI=1S/C20H25N3O5/c1-13(8-9-24)15-4-3-5-16(11-15)21-14(2)10-19(27)23(12-25)17-6-7-18(26)22-20(17)28/h3-5,9,11-14,17,21H,6-8,10H2,1-2H3,(H,22,26,28). The fourth-order valence-corrected chi connectivity index (χ4v) is 3.17. The van der Waals surface area contributed by atoms with Crippen LogP contribution in [0.5, 0.6) is 0 Å². The largest absolute Gasteiger partial charge is 0.382 e. The fourth-order valence-electron chi connectivity index (χ4n) is 3.17. The smallest absolute Gasteiger partial charge is 0.249 e. The summed E-state index contributed by atoms with van der Waals surface area (Å²) in [6, 6.07) is 6.34. The van der Waals surface area contributed by atoms with Gasteiger partial charge < -0.3 is 10.1 Å². The summed E-state index contributed by atoms with van der Waals surface area (Å²) in [7, 11) is 0. The number of imide groups is 2. The molecule has 4 amide bonds. The molecule has 0 radical (unpaired) electrons. The Bertz CT molecular complexity index is 764. The van der Waals surface area contributed by atoms with Crippen molar-refractivity contribution >= 4 is 36.1 Å². The van der Waals surface area contributed by atoms with Gasteiger partial charge in [-0.1, -0.05) is 19.1 Å². The second-order valence-corrected chi connectivity index (χ2v) is 7.05. The molecule has 2 N–H and O–H groups in total. The third-order valence-corrected chi connectivity index (χ3v) is 4.75. The van der Waals surface area contributed by atoms with Gasteiger partial charge in [-0.15, -0.1) is 0 Å². The van der Waals surface area contributed by atoms with Crippen LogP contribution in [0.15, 0.2) is 24.3 Å². The quantitative estimate of drug-likeness (QED) is 0.489. The zero-order valence-corrected chi connectivity index (χ0v) is 16.0. The number of nitrogens with zero attached hydrogens (tertiary/aromatic N) is 1. The van der Waals surface area contributed by atoms with Crippen LogP contribution < -0.4 is 10.6 Å². The average molecular weight is 387 g/mol. The number of piperidine rings is 1. The molecule has 0 spiro atoms. The number of nitrogens with one attached hydrogen (secondary N) is 2. The first-order valence-corrected chi connectivity index (χ1v) is 9.26. The molecule has 0 bridgehead atoms. The Morgan fingerprint density at radius 3 is 2.71 bits per heavy atom. The number of aldehydes is 1. The molecule has 3 unspecified atom stereocenters. The normalized spacial score (nSPS) is 18.6. The maximum Gasteiger partial charge on any atom is 0.249 e. The van der Waals surface area contributed by atoms with Crippen LogP contribution in [0.4, 0.5) is 5.69 Å². The summed E-state index contributed by atoms with van der Waals surface area (Å²) < 4.78 is 0. The molecular weight excluding hydrogens is 362 g/mol. The van der Waals surface area contributed by atoms with E-state index in [-0.39, 0.29) is 31.2 Å². The summed E-state index contributed by atoms with van der Waals surface area (Å²) in [4.78, 5) is 58.6. The highest BCUT2D eigenvalue weighted by Gasteiger charge is 2.34. The number of anilines is 1. The second kappa shape index (κ2) is 9.77. The zero-order chi connectivity index (χ0) is 20.7. The Balaban J connectivity index is 1.98. The monoisotopic (exact) mass is 387 g/mol. The lowest BCUT2D eigenvalue weighted by Gasteiger charge is -2.29. The average Bonchev–Trinajstić information content (AvgIpc) is 2.64. The van der Waals surface area contributed by atoms with Crippen molar-refractivity contribution in [3.05, 3.63) is 29.8 Å². The van der Waals surface area contributed by atoms with Gasteiger partial charge in [0.25, 0.3) is 0 Å². The highest BCUT2D eigenvalue weighted by atomic mass is 16.2. The SMILES string of the molecule is CC(CC(=O)N(C=O)C1CCC(=O)NC1=O)Nc1cccc(C(C)CC=O)c1. The lowest BCUT2D eigenvalue weighted by Crippen LogP contribution is -2.54. The molecule has 3 atom stereocenters. The minimum absolute atomic E-state index is 0.00455. The maximum absolute atomic E-state index is 12.5. The lowest BCUT2D eigenvalue weighted by atomic mass is 9.98. The van der Waals surface area contributed by atoms with E-state index in [4.69, 9.17) is 0 Å². The number of amides is 4. The van der Waals surface area contributed by atoms with Crippen molar-refractivity contribution in [2.75, 3.05) is 5.32 Å². The molecule has 8 heteroatoms. The van der Waals surface area contributed by atoms with Gasteiger partial charge in [-0.2, -0.15) is 0 Å². The first-order chi connectivity index (χ1) is 13.3. The van der Waals surface area contributed by atoms with Crippen LogP contribution in [0.3, 0.4) is 0 Å². The number of carbonyl (C=O) groups excluding carboxylic acids is 5. The van der Waals surface area contributed by atoms with Gasteiger partial charge in [0.2, 0.25) is 24.1 Å². The number of benzene rings is 1. The fraction of sp³-hybridized carbons (Fsp3) is 0.450.